The van der Waals surface area contributed by atoms with E-state index in [2.05, 4.69) is 30.2 Å². The summed E-state index contributed by atoms with van der Waals surface area (Å²) in [5, 5.41) is 5.66. The molecule has 0 aliphatic carbocycles. The molecule has 0 aromatic rings. The number of Topliss-reactive ketones (excluding diaryl/α,β-unsaturated/α-hetero) is 2. The Labute approximate surface area is 210 Å². The Morgan fingerprint density at radius 3 is 2.03 bits per heavy atom. The number of rotatable bonds is 19. The molecule has 8 nitrogen and oxygen atoms in total. The highest BCUT2D eigenvalue weighted by Crippen LogP contribution is 2.26. The first-order valence-corrected chi connectivity index (χ1v) is 13.1. The lowest BCUT2D eigenvalue weighted by Crippen LogP contribution is -2.62. The number of primary amides is 1. The summed E-state index contributed by atoms with van der Waals surface area (Å²) < 4.78 is 0. The van der Waals surface area contributed by atoms with E-state index < -0.39 is 41.5 Å². The van der Waals surface area contributed by atoms with Crippen LogP contribution in [0.4, 0.5) is 0 Å². The average Bonchev–Trinajstić information content (AvgIpc) is 2.71. The van der Waals surface area contributed by atoms with E-state index in [4.69, 9.17) is 5.73 Å². The second-order valence-electron chi connectivity index (χ2n) is 10.0. The highest BCUT2D eigenvalue weighted by molar-refractivity contribution is 7.81. The van der Waals surface area contributed by atoms with E-state index in [0.29, 0.717) is 25.7 Å². The van der Waals surface area contributed by atoms with Gasteiger partial charge in [0.2, 0.25) is 17.7 Å². The van der Waals surface area contributed by atoms with Crippen molar-refractivity contribution in [2.24, 2.45) is 17.6 Å². The molecular weight excluding hydrogens is 454 g/mol. The van der Waals surface area contributed by atoms with Gasteiger partial charge in [0.25, 0.3) is 0 Å². The summed E-state index contributed by atoms with van der Waals surface area (Å²) >= 11 is 3.93. The van der Waals surface area contributed by atoms with Crippen molar-refractivity contribution in [1.82, 2.24) is 10.6 Å². The van der Waals surface area contributed by atoms with Gasteiger partial charge in [0.15, 0.2) is 11.6 Å². The standard InChI is InChI=1S/C25H45N3O5S/c1-6-7-8-9-10-11-25(15-18(4)5,28-23(32)13-19(29)16-34)24(33)27-20(12-17(2)3)21(30)14-22(26)31/h17-18,20,34H,6-16H2,1-5H3,(H2,26,31)(H,27,33)(H,28,32)/t20-,25-/m0/s1. The van der Waals surface area contributed by atoms with E-state index >= 15 is 0 Å². The molecule has 0 radical (unpaired) electrons. The molecule has 0 unspecified atom stereocenters. The number of nitrogens with one attached hydrogen (secondary N) is 2. The van der Waals surface area contributed by atoms with Gasteiger partial charge in [-0.25, -0.2) is 0 Å². The molecule has 2 atom stereocenters. The first-order valence-electron chi connectivity index (χ1n) is 12.4. The summed E-state index contributed by atoms with van der Waals surface area (Å²) in [6, 6.07) is -0.886. The van der Waals surface area contributed by atoms with Gasteiger partial charge < -0.3 is 16.4 Å². The lowest BCUT2D eigenvalue weighted by Gasteiger charge is -2.36. The van der Waals surface area contributed by atoms with Crippen molar-refractivity contribution in [3.8, 4) is 0 Å². The quantitative estimate of drug-likeness (QED) is 0.123. The second kappa shape index (κ2) is 16.7. The Morgan fingerprint density at radius 1 is 0.912 bits per heavy atom. The largest absolute Gasteiger partial charge is 0.369 e. The predicted molar refractivity (Wildman–Crippen MR) is 137 cm³/mol. The number of carbonyl (C=O) groups is 5. The summed E-state index contributed by atoms with van der Waals surface area (Å²) in [6.07, 6.45) is 5.08. The molecule has 0 saturated carbocycles. The molecule has 0 aromatic carbocycles. The van der Waals surface area contributed by atoms with Crippen LogP contribution in [-0.2, 0) is 24.0 Å². The maximum atomic E-state index is 13.7. The van der Waals surface area contributed by atoms with Crippen LogP contribution in [0, 0.1) is 11.8 Å². The molecule has 0 aromatic heterocycles. The molecule has 0 saturated heterocycles. The normalized spacial score (nSPS) is 13.9. The summed E-state index contributed by atoms with van der Waals surface area (Å²) in [5.41, 5.74) is 3.94. The highest BCUT2D eigenvalue weighted by Gasteiger charge is 2.41. The van der Waals surface area contributed by atoms with Gasteiger partial charge in [-0.2, -0.15) is 12.6 Å². The van der Waals surface area contributed by atoms with Gasteiger partial charge in [0.1, 0.15) is 5.54 Å². The SMILES string of the molecule is CCCCCCC[C@@](CC(C)C)(NC(=O)CC(=O)CS)C(=O)N[C@@H](CC(C)C)C(=O)CC(N)=O. The van der Waals surface area contributed by atoms with Crippen LogP contribution in [0.15, 0.2) is 0 Å². The first-order chi connectivity index (χ1) is 15.9. The molecule has 0 rings (SSSR count). The van der Waals surface area contributed by atoms with Crippen LogP contribution in [0.2, 0.25) is 0 Å². The minimum Gasteiger partial charge on any atom is -0.369 e. The molecule has 0 aliphatic heterocycles. The summed E-state index contributed by atoms with van der Waals surface area (Å²) in [7, 11) is 0. The average molecular weight is 500 g/mol. The Bertz CT molecular complexity index is 696. The fraction of sp³-hybridized carbons (Fsp3) is 0.800. The topological polar surface area (TPSA) is 135 Å². The van der Waals surface area contributed by atoms with E-state index in [1.165, 1.54) is 0 Å². The van der Waals surface area contributed by atoms with Crippen LogP contribution in [0.3, 0.4) is 0 Å². The Morgan fingerprint density at radius 2 is 1.53 bits per heavy atom. The zero-order valence-corrected chi connectivity index (χ0v) is 22.5. The molecule has 0 spiro atoms. The molecule has 3 amide bonds. The Hall–Kier alpha value is -1.90. The fourth-order valence-electron chi connectivity index (χ4n) is 4.09. The fourth-order valence-corrected chi connectivity index (χ4v) is 4.20. The number of nitrogens with two attached hydrogens (primary N) is 1. The molecule has 0 bridgehead atoms. The summed E-state index contributed by atoms with van der Waals surface area (Å²) in [4.78, 5) is 62.2. The molecule has 0 fully saturated rings. The highest BCUT2D eigenvalue weighted by atomic mass is 32.1. The third-order valence-corrected chi connectivity index (χ3v) is 5.91. The van der Waals surface area contributed by atoms with Gasteiger partial charge >= 0.3 is 0 Å². The number of ketones is 2. The summed E-state index contributed by atoms with van der Waals surface area (Å²) in [6.45, 7) is 9.85. The van der Waals surface area contributed by atoms with Crippen molar-refractivity contribution in [3.63, 3.8) is 0 Å². The van der Waals surface area contributed by atoms with Crippen molar-refractivity contribution >= 4 is 41.9 Å². The zero-order valence-electron chi connectivity index (χ0n) is 21.6. The maximum absolute atomic E-state index is 13.7. The van der Waals surface area contributed by atoms with Gasteiger partial charge in [0, 0.05) is 5.75 Å². The van der Waals surface area contributed by atoms with Crippen molar-refractivity contribution in [2.45, 2.75) is 110 Å². The van der Waals surface area contributed by atoms with E-state index in [1.54, 1.807) is 0 Å². The Kier molecular flexibility index (Phi) is 15.7. The van der Waals surface area contributed by atoms with Crippen molar-refractivity contribution in [2.75, 3.05) is 5.75 Å². The number of hydrogen-bond donors (Lipinski definition) is 4. The molecule has 0 aliphatic rings. The van der Waals surface area contributed by atoms with Crippen molar-refractivity contribution in [3.05, 3.63) is 0 Å². The van der Waals surface area contributed by atoms with Crippen LogP contribution >= 0.6 is 12.6 Å². The van der Waals surface area contributed by atoms with Crippen LogP contribution in [0.1, 0.15) is 98.8 Å². The van der Waals surface area contributed by atoms with Gasteiger partial charge in [-0.3, -0.25) is 24.0 Å². The lowest BCUT2D eigenvalue weighted by atomic mass is 9.82. The van der Waals surface area contributed by atoms with Crippen LogP contribution < -0.4 is 16.4 Å². The zero-order chi connectivity index (χ0) is 26.3. The van der Waals surface area contributed by atoms with Crippen LogP contribution in [0.25, 0.3) is 0 Å². The third-order valence-electron chi connectivity index (χ3n) is 5.56. The number of hydrogen-bond acceptors (Lipinski definition) is 6. The lowest BCUT2D eigenvalue weighted by molar-refractivity contribution is -0.138. The molecular formula is C25H45N3O5S. The monoisotopic (exact) mass is 499 g/mol. The summed E-state index contributed by atoms with van der Waals surface area (Å²) in [5.74, 6) is -2.46. The van der Waals surface area contributed by atoms with Gasteiger partial charge in [0.05, 0.1) is 18.9 Å². The third kappa shape index (κ3) is 13.1. The minimum atomic E-state index is -1.27. The first kappa shape index (κ1) is 32.1. The van der Waals surface area contributed by atoms with Crippen LogP contribution in [0.5, 0.6) is 0 Å². The number of unbranched alkanes of at least 4 members (excludes halogenated alkanes) is 4. The molecule has 34 heavy (non-hydrogen) atoms. The predicted octanol–water partition coefficient (Wildman–Crippen LogP) is 3.11. The van der Waals surface area contributed by atoms with Gasteiger partial charge in [-0.15, -0.1) is 0 Å². The van der Waals surface area contributed by atoms with Crippen molar-refractivity contribution in [1.29, 1.82) is 0 Å². The van der Waals surface area contributed by atoms with E-state index in [9.17, 15) is 24.0 Å². The van der Waals surface area contributed by atoms with E-state index in [-0.39, 0.29) is 29.8 Å². The maximum Gasteiger partial charge on any atom is 0.246 e. The second-order valence-corrected chi connectivity index (χ2v) is 10.3. The Balaban J connectivity index is 5.97. The number of carbonyl (C=O) groups excluding carboxylic acids is 5. The molecule has 0 heterocycles. The molecule has 4 N–H and O–H groups in total. The molecule has 9 heteroatoms. The van der Waals surface area contributed by atoms with Crippen LogP contribution in [-0.4, -0.2) is 46.6 Å². The number of thiol groups is 1. The molecule has 196 valence electrons. The van der Waals surface area contributed by atoms with E-state index in [0.717, 1.165) is 25.7 Å². The van der Waals surface area contributed by atoms with E-state index in [1.807, 2.05) is 27.7 Å². The smallest absolute Gasteiger partial charge is 0.246 e. The van der Waals surface area contributed by atoms with Crippen molar-refractivity contribution < 1.29 is 24.0 Å². The number of amides is 3. The van der Waals surface area contributed by atoms with Gasteiger partial charge in [-0.05, 0) is 31.1 Å². The van der Waals surface area contributed by atoms with Gasteiger partial charge in [-0.1, -0.05) is 66.7 Å². The minimum absolute atomic E-state index is 0.0622.